The number of hydrogen-bond acceptors (Lipinski definition) is 5. The topological polar surface area (TPSA) is 87.5 Å². The molecule has 3 aliphatic heterocycles. The minimum Gasteiger partial charge on any atom is -0.371 e. The number of piperidine rings is 1. The highest BCUT2D eigenvalue weighted by Crippen LogP contribution is 2.35. The lowest BCUT2D eigenvalue weighted by Crippen LogP contribution is -2.52. The molecular formula is C25H25N5O3. The largest absolute Gasteiger partial charge is 0.371 e. The van der Waals surface area contributed by atoms with Crippen LogP contribution >= 0.6 is 0 Å². The maximum atomic E-state index is 13.0. The van der Waals surface area contributed by atoms with Crippen molar-refractivity contribution in [3.8, 4) is 11.3 Å². The molecule has 3 aliphatic rings. The summed E-state index contributed by atoms with van der Waals surface area (Å²) in [5, 5.41) is 3.51. The molecule has 3 amide bonds. The SMILES string of the molecule is Cn1ccc2c(N3CCCC3)cc(-c3ccc4c(c3)CN(C3CCC(=O)NC3=O)C4=O)nc21. The maximum absolute atomic E-state index is 13.0. The number of nitrogens with zero attached hydrogens (tertiary/aromatic N) is 4. The first kappa shape index (κ1) is 20.0. The molecule has 0 bridgehead atoms. The summed E-state index contributed by atoms with van der Waals surface area (Å²) in [4.78, 5) is 45.8. The van der Waals surface area contributed by atoms with Crippen LogP contribution in [0.1, 0.15) is 41.6 Å². The second-order valence-corrected chi connectivity index (χ2v) is 9.16. The van der Waals surface area contributed by atoms with Crippen molar-refractivity contribution in [2.24, 2.45) is 7.05 Å². The second kappa shape index (κ2) is 7.43. The maximum Gasteiger partial charge on any atom is 0.255 e. The van der Waals surface area contributed by atoms with Gasteiger partial charge in [0.2, 0.25) is 11.8 Å². The number of anilines is 1. The molecule has 1 atom stereocenters. The van der Waals surface area contributed by atoms with Gasteiger partial charge in [-0.2, -0.15) is 0 Å². The third-order valence-electron chi connectivity index (χ3n) is 7.08. The molecule has 5 heterocycles. The number of carbonyl (C=O) groups is 3. The van der Waals surface area contributed by atoms with E-state index in [-0.39, 0.29) is 18.2 Å². The molecule has 1 unspecified atom stereocenters. The van der Waals surface area contributed by atoms with E-state index in [0.717, 1.165) is 40.9 Å². The smallest absolute Gasteiger partial charge is 0.255 e. The third-order valence-corrected chi connectivity index (χ3v) is 7.08. The van der Waals surface area contributed by atoms with Gasteiger partial charge >= 0.3 is 0 Å². The summed E-state index contributed by atoms with van der Waals surface area (Å²) in [7, 11) is 2.01. The van der Waals surface area contributed by atoms with E-state index in [1.54, 1.807) is 4.90 Å². The van der Waals surface area contributed by atoms with Crippen molar-refractivity contribution in [3.05, 3.63) is 47.7 Å². The lowest BCUT2D eigenvalue weighted by atomic mass is 10.0. The number of amides is 3. The molecule has 0 saturated carbocycles. The summed E-state index contributed by atoms with van der Waals surface area (Å²) in [5.74, 6) is -0.827. The Morgan fingerprint density at radius 3 is 2.67 bits per heavy atom. The average molecular weight is 444 g/mol. The van der Waals surface area contributed by atoms with Gasteiger partial charge in [-0.15, -0.1) is 0 Å². The summed E-state index contributed by atoms with van der Waals surface area (Å²) in [6.45, 7) is 2.46. The molecule has 0 spiro atoms. The van der Waals surface area contributed by atoms with Crippen LogP contribution in [-0.2, 0) is 23.2 Å². The first-order valence-electron chi connectivity index (χ1n) is 11.5. The van der Waals surface area contributed by atoms with Gasteiger partial charge in [0.1, 0.15) is 11.7 Å². The van der Waals surface area contributed by atoms with E-state index in [1.807, 2.05) is 36.0 Å². The van der Waals surface area contributed by atoms with Crippen molar-refractivity contribution >= 4 is 34.4 Å². The van der Waals surface area contributed by atoms with E-state index in [1.165, 1.54) is 18.5 Å². The van der Waals surface area contributed by atoms with Gasteiger partial charge < -0.3 is 14.4 Å². The molecule has 168 valence electrons. The molecule has 2 saturated heterocycles. The molecule has 3 aromatic rings. The van der Waals surface area contributed by atoms with E-state index in [0.29, 0.717) is 18.5 Å². The van der Waals surface area contributed by atoms with Gasteiger partial charge in [0.05, 0.1) is 5.69 Å². The Hall–Kier alpha value is -3.68. The quantitative estimate of drug-likeness (QED) is 0.629. The number of imide groups is 1. The Morgan fingerprint density at radius 2 is 1.88 bits per heavy atom. The predicted molar refractivity (Wildman–Crippen MR) is 124 cm³/mol. The first-order chi connectivity index (χ1) is 16.0. The highest BCUT2D eigenvalue weighted by atomic mass is 16.2. The van der Waals surface area contributed by atoms with Crippen LogP contribution in [0, 0.1) is 0 Å². The van der Waals surface area contributed by atoms with Crippen LogP contribution in [0.15, 0.2) is 36.5 Å². The Bertz CT molecular complexity index is 1320. The fourth-order valence-electron chi connectivity index (χ4n) is 5.32. The van der Waals surface area contributed by atoms with Crippen molar-refractivity contribution in [2.45, 2.75) is 38.3 Å². The second-order valence-electron chi connectivity index (χ2n) is 9.16. The van der Waals surface area contributed by atoms with Gasteiger partial charge in [-0.05, 0) is 49.1 Å². The number of aromatic nitrogens is 2. The predicted octanol–water partition coefficient (Wildman–Crippen LogP) is 2.60. The van der Waals surface area contributed by atoms with Crippen molar-refractivity contribution < 1.29 is 14.4 Å². The minimum absolute atomic E-state index is 0.158. The van der Waals surface area contributed by atoms with Crippen molar-refractivity contribution in [1.82, 2.24) is 19.8 Å². The summed E-state index contributed by atoms with van der Waals surface area (Å²) in [5.41, 5.74) is 5.48. The van der Waals surface area contributed by atoms with Crippen LogP contribution in [0.25, 0.3) is 22.3 Å². The van der Waals surface area contributed by atoms with Crippen LogP contribution in [0.3, 0.4) is 0 Å². The monoisotopic (exact) mass is 443 g/mol. The summed E-state index contributed by atoms with van der Waals surface area (Å²) < 4.78 is 2.04. The van der Waals surface area contributed by atoms with Crippen molar-refractivity contribution in [2.75, 3.05) is 18.0 Å². The summed E-state index contributed by atoms with van der Waals surface area (Å²) >= 11 is 0. The standard InChI is InChI=1S/C25H25N5O3/c1-28-11-8-18-21(29-9-2-3-10-29)13-19(26-23(18)28)15-4-5-17-16(12-15)14-30(25(17)33)20-6-7-22(31)27-24(20)32/h4-5,8,11-13,20H,2-3,6-7,9-10,14H2,1H3,(H,27,31,32). The van der Waals surface area contributed by atoms with E-state index in [4.69, 9.17) is 4.98 Å². The lowest BCUT2D eigenvalue weighted by Gasteiger charge is -2.29. The van der Waals surface area contributed by atoms with Gasteiger partial charge in [-0.1, -0.05) is 6.07 Å². The molecule has 6 rings (SSSR count). The zero-order valence-corrected chi connectivity index (χ0v) is 18.5. The number of aryl methyl sites for hydroxylation is 1. The van der Waals surface area contributed by atoms with Crippen LogP contribution < -0.4 is 10.2 Å². The van der Waals surface area contributed by atoms with E-state index in [9.17, 15) is 14.4 Å². The Balaban J connectivity index is 1.37. The van der Waals surface area contributed by atoms with Gasteiger partial charge in [-0.25, -0.2) is 4.98 Å². The Labute approximate surface area is 191 Å². The van der Waals surface area contributed by atoms with Gasteiger partial charge in [0, 0.05) is 61.5 Å². The molecule has 8 nitrogen and oxygen atoms in total. The van der Waals surface area contributed by atoms with Gasteiger partial charge in [-0.3, -0.25) is 19.7 Å². The molecule has 2 fully saturated rings. The fraction of sp³-hybridized carbons (Fsp3) is 0.360. The molecule has 0 radical (unpaired) electrons. The van der Waals surface area contributed by atoms with Crippen molar-refractivity contribution in [3.63, 3.8) is 0 Å². The number of carbonyl (C=O) groups excluding carboxylic acids is 3. The van der Waals surface area contributed by atoms with Crippen LogP contribution in [-0.4, -0.2) is 51.3 Å². The molecule has 1 N–H and O–H groups in total. The zero-order chi connectivity index (χ0) is 22.7. The number of pyridine rings is 1. The first-order valence-corrected chi connectivity index (χ1v) is 11.5. The number of fused-ring (bicyclic) bond motifs is 2. The van der Waals surface area contributed by atoms with Crippen LogP contribution in [0.2, 0.25) is 0 Å². The highest BCUT2D eigenvalue weighted by molar-refractivity contribution is 6.05. The van der Waals surface area contributed by atoms with E-state index < -0.39 is 11.9 Å². The summed E-state index contributed by atoms with van der Waals surface area (Å²) in [6, 6.07) is 9.47. The fourth-order valence-corrected chi connectivity index (χ4v) is 5.32. The van der Waals surface area contributed by atoms with Crippen LogP contribution in [0.4, 0.5) is 5.69 Å². The summed E-state index contributed by atoms with van der Waals surface area (Å²) in [6.07, 6.45) is 5.05. The van der Waals surface area contributed by atoms with Gasteiger partial charge in [0.25, 0.3) is 5.91 Å². The Kier molecular flexibility index (Phi) is 4.50. The zero-order valence-electron chi connectivity index (χ0n) is 18.5. The number of hydrogen-bond donors (Lipinski definition) is 1. The molecule has 2 aromatic heterocycles. The van der Waals surface area contributed by atoms with E-state index >= 15 is 0 Å². The molecular weight excluding hydrogens is 418 g/mol. The molecule has 1 aromatic carbocycles. The van der Waals surface area contributed by atoms with E-state index in [2.05, 4.69) is 22.3 Å². The van der Waals surface area contributed by atoms with Crippen molar-refractivity contribution in [1.29, 1.82) is 0 Å². The average Bonchev–Trinajstić information content (AvgIpc) is 3.54. The minimum atomic E-state index is -0.606. The van der Waals surface area contributed by atoms with Crippen LogP contribution in [0.5, 0.6) is 0 Å². The molecule has 0 aliphatic carbocycles. The molecule has 33 heavy (non-hydrogen) atoms. The normalized spacial score (nSPS) is 20.6. The molecule has 8 heteroatoms. The number of nitrogens with one attached hydrogen (secondary N) is 1. The number of rotatable bonds is 3. The number of benzene rings is 1. The highest BCUT2D eigenvalue weighted by Gasteiger charge is 2.39. The third kappa shape index (κ3) is 3.20. The van der Waals surface area contributed by atoms with Gasteiger partial charge in [0.15, 0.2) is 0 Å². The Morgan fingerprint density at radius 1 is 1.06 bits per heavy atom. The lowest BCUT2D eigenvalue weighted by molar-refractivity contribution is -0.136.